The Morgan fingerprint density at radius 3 is 1.11 bits per heavy atom. The van der Waals surface area contributed by atoms with Crippen molar-refractivity contribution >= 4 is 60.1 Å². The van der Waals surface area contributed by atoms with E-state index in [-0.39, 0.29) is 17.8 Å². The van der Waals surface area contributed by atoms with Gasteiger partial charge < -0.3 is 22.8 Å². The maximum absolute atomic E-state index is 2.56. The van der Waals surface area contributed by atoms with Crippen molar-refractivity contribution in [3.8, 4) is 72.9 Å². The largest absolute Gasteiger partial charge is 0.313 e. The second-order valence-corrected chi connectivity index (χ2v) is 32.7. The van der Waals surface area contributed by atoms with Gasteiger partial charge in [0.2, 0.25) is 0 Å². The molecule has 10 heterocycles. The molecule has 1 aliphatic carbocycles. The maximum Gasteiger partial charge on any atom is 0.0538 e. The molecule has 6 aliphatic rings. The van der Waals surface area contributed by atoms with Crippen molar-refractivity contribution in [2.24, 2.45) is 0 Å². The molecule has 5 aliphatic heterocycles. The Kier molecular flexibility index (Phi) is 16.4. The van der Waals surface area contributed by atoms with Gasteiger partial charge in [-0.25, -0.2) is 0 Å². The quantitative estimate of drug-likeness (QED) is 0.145. The minimum atomic E-state index is 0.128. The lowest BCUT2D eigenvalue weighted by Crippen LogP contribution is -2.12. The molecule has 5 aromatic heterocycles. The van der Waals surface area contributed by atoms with E-state index in [4.69, 9.17) is 0 Å². The number of allylic oxidation sites excluding steroid dienone is 2. The summed E-state index contributed by atoms with van der Waals surface area (Å²) in [5.74, 6) is 0.433. The lowest BCUT2D eigenvalue weighted by Gasteiger charge is -2.24. The van der Waals surface area contributed by atoms with Crippen LogP contribution in [0.5, 0.6) is 0 Å². The van der Waals surface area contributed by atoms with Gasteiger partial charge in [-0.2, -0.15) is 0 Å². The first-order valence-electron chi connectivity index (χ1n) is 42.3. The van der Waals surface area contributed by atoms with Crippen molar-refractivity contribution in [3.05, 3.63) is 503 Å². The van der Waals surface area contributed by atoms with Crippen molar-refractivity contribution in [1.82, 2.24) is 22.8 Å². The van der Waals surface area contributed by atoms with Gasteiger partial charge in [-0.3, -0.25) is 0 Å². The zero-order valence-corrected chi connectivity index (χ0v) is 66.2. The van der Waals surface area contributed by atoms with Gasteiger partial charge in [-0.15, -0.1) is 0 Å². The van der Waals surface area contributed by atoms with Crippen LogP contribution >= 0.6 is 0 Å². The van der Waals surface area contributed by atoms with Gasteiger partial charge in [0.25, 0.3) is 0 Å². The topological polar surface area (TPSA) is 24.6 Å². The zero-order chi connectivity index (χ0) is 78.9. The molecule has 566 valence electrons. The second kappa shape index (κ2) is 28.4. The lowest BCUT2D eigenvalue weighted by atomic mass is 9.76. The van der Waals surface area contributed by atoms with Crippen LogP contribution in [0.2, 0.25) is 0 Å². The van der Waals surface area contributed by atoms with Crippen LogP contribution in [-0.2, 0) is 25.7 Å². The molecule has 0 saturated heterocycles. The molecule has 5 heteroatoms. The third kappa shape index (κ3) is 10.9. The van der Waals surface area contributed by atoms with Gasteiger partial charge in [-0.1, -0.05) is 363 Å². The van der Waals surface area contributed by atoms with E-state index < -0.39 is 0 Å². The first kappa shape index (κ1) is 69.3. The van der Waals surface area contributed by atoms with Gasteiger partial charge in [-0.05, 0) is 152 Å². The standard InChI is InChI=1S/C42H28N2.C37H27N.C21H15N.C15H11N/c1-3-15-27(16-4-1)37-29-19-7-11-23-33(29)43-35-25-13-9-21-31(35)39(41(37)43)40-32-22-10-14-26-36(32)44-34-24-12-8-20-30(34)38(42(40)44)28-17-5-2-6-18-28;1-3-13-25(14-4-1)23-28-24-27-17-7-8-18-29(27)34(28)36-31-20-10-12-22-33(31)38-32-21-11-9-19-30(32)35(37(36)38)26-15-5-2-6-16-26;1-2-8-15(9-3-1)21-17-11-5-7-13-19(17)22-18-12-6-4-10-16(18)14-20(21)22;1-3-7-14-11(5-1)9-13-10-12-6-2-4-8-15(12)16(13)14/h1-26,39-40H;1-22,36H,23-24H2;1-13H,14H2;1-9H,10H2. The Bertz CT molecular complexity index is 7420. The number of fused-ring (bicyclic) bond motifs is 26. The molecule has 120 heavy (non-hydrogen) atoms. The summed E-state index contributed by atoms with van der Waals surface area (Å²) in [6, 6.07) is 155. The molecular weight excluding hydrogens is 1450 g/mol. The smallest absolute Gasteiger partial charge is 0.0538 e. The Morgan fingerprint density at radius 2 is 0.592 bits per heavy atom. The van der Waals surface area contributed by atoms with Gasteiger partial charge in [0.1, 0.15) is 0 Å². The highest BCUT2D eigenvalue weighted by Gasteiger charge is 2.47. The fraction of sp³-hybridized carbons (Fsp3) is 0.0609. The molecule has 0 saturated carbocycles. The van der Waals surface area contributed by atoms with E-state index in [1.54, 1.807) is 0 Å². The molecule has 27 rings (SSSR count). The summed E-state index contributed by atoms with van der Waals surface area (Å²) < 4.78 is 12.5. The SMILES string of the molecule is c1ccc(-c2c3n(c4ccccc24)-c2ccccc2C3)cc1.c1ccc(-c2c3n(c4ccccc24)-c2ccccc2C3C2c3ccccc3-n3c2c(-c2ccccc2)c2ccccc23)cc1.c1ccc(CC2=C(C3c4ccccc4-n4c3c(-c3ccccc3)c3ccccc34)c3ccccc3C2)cc1.c1ccc2c(c1)Cc1cc3ccccc3n1-2. The predicted octanol–water partition coefficient (Wildman–Crippen LogP) is 28.2. The third-order valence-electron chi connectivity index (χ3n) is 26.3. The summed E-state index contributed by atoms with van der Waals surface area (Å²) in [6.07, 6.45) is 4.06. The highest BCUT2D eigenvalue weighted by Crippen LogP contribution is 2.62. The zero-order valence-electron chi connectivity index (χ0n) is 66.2. The average Bonchev–Trinajstić information content (AvgIpc) is 1.53. The molecule has 0 radical (unpaired) electrons. The first-order valence-corrected chi connectivity index (χ1v) is 42.3. The van der Waals surface area contributed by atoms with Crippen molar-refractivity contribution in [2.45, 2.75) is 43.4 Å². The summed E-state index contributed by atoms with van der Waals surface area (Å²) in [7, 11) is 0. The predicted molar refractivity (Wildman–Crippen MR) is 496 cm³/mol. The molecule has 3 atom stereocenters. The van der Waals surface area contributed by atoms with Gasteiger partial charge in [0.05, 0.1) is 39.2 Å². The summed E-state index contributed by atoms with van der Waals surface area (Å²) in [4.78, 5) is 0. The number of para-hydroxylation sites is 10. The molecule has 0 amide bonds. The van der Waals surface area contributed by atoms with E-state index in [2.05, 4.69) is 447 Å². The van der Waals surface area contributed by atoms with Crippen molar-refractivity contribution < 1.29 is 0 Å². The van der Waals surface area contributed by atoms with Crippen LogP contribution in [0.4, 0.5) is 0 Å². The van der Waals surface area contributed by atoms with Crippen molar-refractivity contribution in [2.75, 3.05) is 0 Å². The fourth-order valence-electron chi connectivity index (χ4n) is 21.6. The Morgan fingerprint density at radius 1 is 0.242 bits per heavy atom. The van der Waals surface area contributed by atoms with Crippen LogP contribution < -0.4 is 0 Å². The summed E-state index contributed by atoms with van der Waals surface area (Å²) in [6.45, 7) is 0. The van der Waals surface area contributed by atoms with Crippen LogP contribution in [0.15, 0.2) is 430 Å². The molecule has 0 N–H and O–H groups in total. The van der Waals surface area contributed by atoms with Crippen LogP contribution in [-0.4, -0.2) is 22.8 Å². The monoisotopic (exact) mass is 1530 g/mol. The summed E-state index contributed by atoms with van der Waals surface area (Å²) in [5, 5.41) is 6.63. The van der Waals surface area contributed by atoms with E-state index in [1.807, 2.05) is 0 Å². The molecular formula is C115H81N5. The number of hydrogen-bond acceptors (Lipinski definition) is 0. The fourth-order valence-corrected chi connectivity index (χ4v) is 21.6. The van der Waals surface area contributed by atoms with Crippen LogP contribution in [0, 0.1) is 0 Å². The average molecular weight is 1530 g/mol. The lowest BCUT2D eigenvalue weighted by molar-refractivity contribution is 0.701. The number of hydrogen-bond donors (Lipinski definition) is 0. The highest BCUT2D eigenvalue weighted by molar-refractivity contribution is 6.07. The summed E-state index contributed by atoms with van der Waals surface area (Å²) >= 11 is 0. The van der Waals surface area contributed by atoms with Crippen LogP contribution in [0.1, 0.15) is 90.7 Å². The van der Waals surface area contributed by atoms with E-state index >= 15 is 0 Å². The maximum atomic E-state index is 2.56. The minimum Gasteiger partial charge on any atom is -0.313 e. The molecule has 0 spiro atoms. The van der Waals surface area contributed by atoms with E-state index in [0.29, 0.717) is 0 Å². The number of rotatable bonds is 8. The molecule has 21 aromatic rings. The molecule has 0 fully saturated rings. The molecule has 3 unspecified atom stereocenters. The normalized spacial score (nSPS) is 14.8. The number of aromatic nitrogens is 5. The molecule has 16 aromatic carbocycles. The van der Waals surface area contributed by atoms with Crippen molar-refractivity contribution in [1.29, 1.82) is 0 Å². The highest BCUT2D eigenvalue weighted by atomic mass is 15.1. The summed E-state index contributed by atoms with van der Waals surface area (Å²) in [5.41, 5.74) is 44.9. The van der Waals surface area contributed by atoms with E-state index in [9.17, 15) is 0 Å². The second-order valence-electron chi connectivity index (χ2n) is 32.7. The minimum absolute atomic E-state index is 0.128. The van der Waals surface area contributed by atoms with Gasteiger partial charge in [0, 0.05) is 125 Å². The van der Waals surface area contributed by atoms with Crippen molar-refractivity contribution in [3.63, 3.8) is 0 Å². The Balaban J connectivity index is 0.0000000969. The van der Waals surface area contributed by atoms with E-state index in [1.165, 1.54) is 212 Å². The number of benzene rings is 16. The first-order chi connectivity index (χ1) is 59.6. The molecule has 5 nitrogen and oxygen atoms in total. The van der Waals surface area contributed by atoms with Gasteiger partial charge in [0.15, 0.2) is 0 Å². The Labute approximate surface area is 697 Å². The van der Waals surface area contributed by atoms with Crippen LogP contribution in [0.3, 0.4) is 0 Å². The van der Waals surface area contributed by atoms with E-state index in [0.717, 1.165) is 25.7 Å². The number of nitrogens with zero attached hydrogens (tertiary/aromatic N) is 5. The third-order valence-corrected chi connectivity index (χ3v) is 26.3. The van der Waals surface area contributed by atoms with Gasteiger partial charge >= 0.3 is 0 Å². The van der Waals surface area contributed by atoms with Crippen LogP contribution in [0.25, 0.3) is 133 Å². The molecule has 0 bridgehead atoms. The Hall–Kier alpha value is -15.0.